The van der Waals surface area contributed by atoms with Crippen molar-refractivity contribution in [1.29, 1.82) is 0 Å². The molecule has 92 valence electrons. The maximum atomic E-state index is 10.9. The Morgan fingerprint density at radius 3 is 2.76 bits per heavy atom. The normalized spacial score (nSPS) is 9.94. The number of hydrogen-bond donors (Lipinski definition) is 3. The first-order chi connectivity index (χ1) is 8.07. The fourth-order valence-corrected chi connectivity index (χ4v) is 1.38. The Labute approximate surface area is 97.4 Å². The van der Waals surface area contributed by atoms with Crippen LogP contribution in [0.5, 0.6) is 0 Å². The number of nitrogens with one attached hydrogen (secondary N) is 1. The molecule has 0 bridgehead atoms. The Bertz CT molecular complexity index is 434. The number of hydrogen-bond acceptors (Lipinski definition) is 5. The van der Waals surface area contributed by atoms with E-state index in [0.717, 1.165) is 0 Å². The van der Waals surface area contributed by atoms with E-state index in [1.807, 2.05) is 0 Å². The highest BCUT2D eigenvalue weighted by Crippen LogP contribution is 2.28. The average molecular weight is 239 g/mol. The van der Waals surface area contributed by atoms with Crippen LogP contribution >= 0.6 is 0 Å². The molecule has 0 unspecified atom stereocenters. The molecule has 0 spiro atoms. The molecule has 0 saturated heterocycles. The number of nitrogens with zero attached hydrogens (tertiary/aromatic N) is 1. The molecule has 0 aliphatic heterocycles. The predicted octanol–water partition coefficient (Wildman–Crippen LogP) is 1.05. The second kappa shape index (κ2) is 5.80. The van der Waals surface area contributed by atoms with Crippen molar-refractivity contribution in [3.8, 4) is 0 Å². The van der Waals surface area contributed by atoms with Crippen LogP contribution in [0.4, 0.5) is 11.4 Å². The maximum absolute atomic E-state index is 10.9. The molecule has 0 aliphatic carbocycles. The molecule has 0 aromatic heterocycles. The van der Waals surface area contributed by atoms with Crippen LogP contribution in [-0.2, 0) is 0 Å². The molecule has 1 aromatic carbocycles. The number of nitro benzene ring substituents is 1. The lowest BCUT2D eigenvalue weighted by Gasteiger charge is -2.07. The van der Waals surface area contributed by atoms with Crippen LogP contribution in [0.3, 0.4) is 0 Å². The highest BCUT2D eigenvalue weighted by Gasteiger charge is 2.23. The van der Waals surface area contributed by atoms with E-state index in [4.69, 9.17) is 10.8 Å². The zero-order chi connectivity index (χ0) is 12.8. The van der Waals surface area contributed by atoms with E-state index in [1.165, 1.54) is 18.2 Å². The smallest absolute Gasteiger partial charge is 0.342 e. The molecule has 17 heavy (non-hydrogen) atoms. The zero-order valence-corrected chi connectivity index (χ0v) is 9.05. The number of para-hydroxylation sites is 1. The molecule has 0 radical (unpaired) electrons. The van der Waals surface area contributed by atoms with Gasteiger partial charge in [0.1, 0.15) is 11.3 Å². The molecular formula is C10H13N3O4. The minimum absolute atomic E-state index is 0.198. The van der Waals surface area contributed by atoms with E-state index < -0.39 is 16.6 Å². The Morgan fingerprint density at radius 1 is 1.53 bits per heavy atom. The van der Waals surface area contributed by atoms with Crippen molar-refractivity contribution in [1.82, 2.24) is 0 Å². The second-order valence-electron chi connectivity index (χ2n) is 3.33. The Morgan fingerprint density at radius 2 is 2.24 bits per heavy atom. The lowest BCUT2D eigenvalue weighted by atomic mass is 10.1. The highest BCUT2D eigenvalue weighted by atomic mass is 16.6. The maximum Gasteiger partial charge on any atom is 0.342 e. The molecule has 1 rings (SSSR count). The lowest BCUT2D eigenvalue weighted by Crippen LogP contribution is -2.11. The monoisotopic (exact) mass is 239 g/mol. The van der Waals surface area contributed by atoms with Crippen LogP contribution in [0, 0.1) is 10.1 Å². The highest BCUT2D eigenvalue weighted by molar-refractivity contribution is 5.95. The summed E-state index contributed by atoms with van der Waals surface area (Å²) in [5.74, 6) is -1.32. The molecule has 7 heteroatoms. The van der Waals surface area contributed by atoms with Gasteiger partial charge in [0, 0.05) is 6.54 Å². The Balaban J connectivity index is 3.07. The quantitative estimate of drug-likeness (QED) is 0.388. The summed E-state index contributed by atoms with van der Waals surface area (Å²) in [7, 11) is 0. The summed E-state index contributed by atoms with van der Waals surface area (Å²) in [6.45, 7) is 0.916. The molecule has 0 aliphatic rings. The summed E-state index contributed by atoms with van der Waals surface area (Å²) in [4.78, 5) is 21.0. The van der Waals surface area contributed by atoms with Crippen LogP contribution in [0.25, 0.3) is 0 Å². The zero-order valence-electron chi connectivity index (χ0n) is 9.05. The Kier molecular flexibility index (Phi) is 4.41. The van der Waals surface area contributed by atoms with Gasteiger partial charge in [-0.2, -0.15) is 0 Å². The molecule has 7 nitrogen and oxygen atoms in total. The summed E-state index contributed by atoms with van der Waals surface area (Å²) < 4.78 is 0. The topological polar surface area (TPSA) is 118 Å². The molecule has 0 saturated carbocycles. The summed E-state index contributed by atoms with van der Waals surface area (Å²) in [6.07, 6.45) is 0.647. The van der Waals surface area contributed by atoms with Gasteiger partial charge in [-0.1, -0.05) is 6.07 Å². The SMILES string of the molecule is NCCCNc1cccc(C(=O)O)c1[N+](=O)[O-]. The number of benzene rings is 1. The van der Waals surface area contributed by atoms with Gasteiger partial charge in [0.2, 0.25) is 0 Å². The van der Waals surface area contributed by atoms with Crippen LogP contribution in [0.15, 0.2) is 18.2 Å². The van der Waals surface area contributed by atoms with E-state index in [9.17, 15) is 14.9 Å². The van der Waals surface area contributed by atoms with E-state index in [-0.39, 0.29) is 11.3 Å². The number of aromatic carboxylic acids is 1. The molecule has 1 aromatic rings. The van der Waals surface area contributed by atoms with Crippen LogP contribution in [0.1, 0.15) is 16.8 Å². The number of rotatable bonds is 6. The lowest BCUT2D eigenvalue weighted by molar-refractivity contribution is -0.384. The van der Waals surface area contributed by atoms with E-state index in [0.29, 0.717) is 19.5 Å². The number of carboxylic acid groups (broad SMARTS) is 1. The van der Waals surface area contributed by atoms with Crippen LogP contribution < -0.4 is 11.1 Å². The fourth-order valence-electron chi connectivity index (χ4n) is 1.38. The number of nitrogens with two attached hydrogens (primary N) is 1. The standard InChI is InChI=1S/C10H13N3O4/c11-5-2-6-12-8-4-1-3-7(10(14)15)9(8)13(16)17/h1,3-4,12H,2,5-6,11H2,(H,14,15). The molecule has 0 fully saturated rings. The molecule has 0 amide bonds. The number of anilines is 1. The molecule has 0 atom stereocenters. The predicted molar refractivity (Wildman–Crippen MR) is 62.2 cm³/mol. The first-order valence-corrected chi connectivity index (χ1v) is 5.02. The third-order valence-corrected chi connectivity index (χ3v) is 2.15. The first kappa shape index (κ1) is 12.9. The molecule has 0 heterocycles. The van der Waals surface area contributed by atoms with Crippen molar-refractivity contribution in [2.45, 2.75) is 6.42 Å². The second-order valence-corrected chi connectivity index (χ2v) is 3.33. The van der Waals surface area contributed by atoms with Crippen LogP contribution in [0.2, 0.25) is 0 Å². The van der Waals surface area contributed by atoms with Gasteiger partial charge in [-0.15, -0.1) is 0 Å². The van der Waals surface area contributed by atoms with Gasteiger partial charge < -0.3 is 16.2 Å². The van der Waals surface area contributed by atoms with Gasteiger partial charge in [0.25, 0.3) is 0 Å². The fraction of sp³-hybridized carbons (Fsp3) is 0.300. The summed E-state index contributed by atoms with van der Waals surface area (Å²) >= 11 is 0. The van der Waals surface area contributed by atoms with Gasteiger partial charge in [0.05, 0.1) is 4.92 Å². The van der Waals surface area contributed by atoms with Crippen molar-refractivity contribution in [3.63, 3.8) is 0 Å². The summed E-state index contributed by atoms with van der Waals surface area (Å²) in [6, 6.07) is 4.14. The van der Waals surface area contributed by atoms with Gasteiger partial charge >= 0.3 is 11.7 Å². The van der Waals surface area contributed by atoms with Gasteiger partial charge in [-0.3, -0.25) is 10.1 Å². The van der Waals surface area contributed by atoms with Crippen molar-refractivity contribution in [2.75, 3.05) is 18.4 Å². The third-order valence-electron chi connectivity index (χ3n) is 2.15. The minimum Gasteiger partial charge on any atom is -0.477 e. The van der Waals surface area contributed by atoms with E-state index in [1.54, 1.807) is 0 Å². The van der Waals surface area contributed by atoms with Crippen molar-refractivity contribution >= 4 is 17.3 Å². The Hall–Kier alpha value is -2.15. The minimum atomic E-state index is -1.32. The number of carboxylic acids is 1. The number of nitro groups is 1. The first-order valence-electron chi connectivity index (χ1n) is 5.02. The van der Waals surface area contributed by atoms with E-state index >= 15 is 0 Å². The third kappa shape index (κ3) is 3.15. The van der Waals surface area contributed by atoms with E-state index in [2.05, 4.69) is 5.32 Å². The van der Waals surface area contributed by atoms with Gasteiger partial charge in [-0.05, 0) is 25.1 Å². The average Bonchev–Trinajstić information content (AvgIpc) is 2.28. The van der Waals surface area contributed by atoms with Crippen molar-refractivity contribution < 1.29 is 14.8 Å². The van der Waals surface area contributed by atoms with Crippen molar-refractivity contribution in [2.24, 2.45) is 5.73 Å². The van der Waals surface area contributed by atoms with Gasteiger partial charge in [-0.25, -0.2) is 4.79 Å². The molecule has 4 N–H and O–H groups in total. The number of carbonyl (C=O) groups is 1. The summed E-state index contributed by atoms with van der Waals surface area (Å²) in [5.41, 5.74) is 4.75. The van der Waals surface area contributed by atoms with Crippen LogP contribution in [-0.4, -0.2) is 29.1 Å². The van der Waals surface area contributed by atoms with Crippen molar-refractivity contribution in [3.05, 3.63) is 33.9 Å². The molecular weight excluding hydrogens is 226 g/mol. The largest absolute Gasteiger partial charge is 0.477 e. The van der Waals surface area contributed by atoms with Gasteiger partial charge in [0.15, 0.2) is 0 Å². The summed E-state index contributed by atoms with van der Waals surface area (Å²) in [5, 5.41) is 22.5.